The summed E-state index contributed by atoms with van der Waals surface area (Å²) in [6.07, 6.45) is 0. The summed E-state index contributed by atoms with van der Waals surface area (Å²) in [4.78, 5) is 12.6. The number of carbonyl (C=O) groups is 1. The van der Waals surface area contributed by atoms with Crippen LogP contribution in [0.25, 0.3) is 0 Å². The van der Waals surface area contributed by atoms with Crippen LogP contribution in [0.15, 0.2) is 29.2 Å². The zero-order chi connectivity index (χ0) is 12.1. The van der Waals surface area contributed by atoms with Gasteiger partial charge in [-0.1, -0.05) is 26.0 Å². The average molecular weight is 238 g/mol. The van der Waals surface area contributed by atoms with Crippen molar-refractivity contribution in [2.75, 3.05) is 5.32 Å². The fourth-order valence-electron chi connectivity index (χ4n) is 1.17. The predicted molar refractivity (Wildman–Crippen MR) is 69.7 cm³/mol. The van der Waals surface area contributed by atoms with Crippen LogP contribution in [-0.2, 0) is 4.79 Å². The molecule has 0 aliphatic rings. The molecule has 0 bridgehead atoms. The summed E-state index contributed by atoms with van der Waals surface area (Å²) in [6, 6.07) is 7.27. The second-order valence-electron chi connectivity index (χ2n) is 3.94. The van der Waals surface area contributed by atoms with Crippen LogP contribution in [-0.4, -0.2) is 17.2 Å². The van der Waals surface area contributed by atoms with Crippen molar-refractivity contribution in [3.05, 3.63) is 24.3 Å². The molecule has 0 aliphatic heterocycles. The minimum Gasteiger partial charge on any atom is -0.324 e. The highest BCUT2D eigenvalue weighted by Gasteiger charge is 2.10. The highest BCUT2D eigenvalue weighted by atomic mass is 32.2. The molecule has 0 fully saturated rings. The standard InChI is InChI=1S/C12H18N2OS/c1-8(2)16-11-7-5-4-6-10(11)14-12(15)9(3)13/h4-9H,13H2,1-3H3,(H,14,15)/t9-/m0/s1. The smallest absolute Gasteiger partial charge is 0.241 e. The van der Waals surface area contributed by atoms with Gasteiger partial charge in [-0.15, -0.1) is 11.8 Å². The van der Waals surface area contributed by atoms with Crippen LogP contribution >= 0.6 is 11.8 Å². The zero-order valence-corrected chi connectivity index (χ0v) is 10.7. The molecule has 0 unspecified atom stereocenters. The van der Waals surface area contributed by atoms with Gasteiger partial charge in [0.2, 0.25) is 5.91 Å². The number of hydrogen-bond donors (Lipinski definition) is 2. The first-order chi connectivity index (χ1) is 7.50. The molecule has 0 aliphatic carbocycles. The van der Waals surface area contributed by atoms with Gasteiger partial charge < -0.3 is 11.1 Å². The van der Waals surface area contributed by atoms with Crippen LogP contribution in [0.4, 0.5) is 5.69 Å². The fraction of sp³-hybridized carbons (Fsp3) is 0.417. The third-order valence-corrected chi connectivity index (χ3v) is 3.00. The third kappa shape index (κ3) is 3.87. The SMILES string of the molecule is CC(C)Sc1ccccc1NC(=O)[C@H](C)N. The van der Waals surface area contributed by atoms with Gasteiger partial charge in [-0.05, 0) is 19.1 Å². The molecule has 1 rings (SSSR count). The molecule has 0 saturated heterocycles. The number of carbonyl (C=O) groups excluding carboxylic acids is 1. The maximum atomic E-state index is 11.5. The van der Waals surface area contributed by atoms with Gasteiger partial charge in [0.05, 0.1) is 11.7 Å². The molecule has 0 saturated carbocycles. The Morgan fingerprint density at radius 1 is 1.31 bits per heavy atom. The van der Waals surface area contributed by atoms with Crippen molar-refractivity contribution in [2.24, 2.45) is 5.73 Å². The lowest BCUT2D eigenvalue weighted by Crippen LogP contribution is -2.32. The van der Waals surface area contributed by atoms with Gasteiger partial charge in [-0.3, -0.25) is 4.79 Å². The Morgan fingerprint density at radius 3 is 2.50 bits per heavy atom. The number of para-hydroxylation sites is 1. The lowest BCUT2D eigenvalue weighted by atomic mass is 10.3. The van der Waals surface area contributed by atoms with Gasteiger partial charge in [0.1, 0.15) is 0 Å². The number of rotatable bonds is 4. The molecular weight excluding hydrogens is 220 g/mol. The Bertz CT molecular complexity index is 364. The van der Waals surface area contributed by atoms with E-state index in [1.807, 2.05) is 24.3 Å². The fourth-order valence-corrected chi connectivity index (χ4v) is 2.08. The molecule has 0 spiro atoms. The van der Waals surface area contributed by atoms with Gasteiger partial charge in [-0.25, -0.2) is 0 Å². The molecule has 1 aromatic carbocycles. The van der Waals surface area contributed by atoms with Crippen LogP contribution in [0.5, 0.6) is 0 Å². The molecule has 3 nitrogen and oxygen atoms in total. The number of thioether (sulfide) groups is 1. The Balaban J connectivity index is 2.82. The minimum atomic E-state index is -0.489. The lowest BCUT2D eigenvalue weighted by molar-refractivity contribution is -0.117. The van der Waals surface area contributed by atoms with E-state index in [0.29, 0.717) is 5.25 Å². The lowest BCUT2D eigenvalue weighted by Gasteiger charge is -2.13. The molecular formula is C12H18N2OS. The van der Waals surface area contributed by atoms with Gasteiger partial charge in [0.25, 0.3) is 0 Å². The van der Waals surface area contributed by atoms with Crippen molar-refractivity contribution >= 4 is 23.4 Å². The van der Waals surface area contributed by atoms with Crippen molar-refractivity contribution in [3.8, 4) is 0 Å². The van der Waals surface area contributed by atoms with Crippen LogP contribution in [0.2, 0.25) is 0 Å². The first kappa shape index (κ1) is 13.1. The number of benzene rings is 1. The number of nitrogens with two attached hydrogens (primary N) is 1. The number of hydrogen-bond acceptors (Lipinski definition) is 3. The summed E-state index contributed by atoms with van der Waals surface area (Å²) in [6.45, 7) is 5.91. The second kappa shape index (κ2) is 5.92. The van der Waals surface area contributed by atoms with E-state index in [4.69, 9.17) is 5.73 Å². The Hall–Kier alpha value is -1.00. The van der Waals surface area contributed by atoms with Crippen LogP contribution < -0.4 is 11.1 Å². The van der Waals surface area contributed by atoms with E-state index in [1.165, 1.54) is 0 Å². The summed E-state index contributed by atoms with van der Waals surface area (Å²) in [5, 5.41) is 3.31. The van der Waals surface area contributed by atoms with Crippen LogP contribution in [0.3, 0.4) is 0 Å². The van der Waals surface area contributed by atoms with E-state index in [-0.39, 0.29) is 5.91 Å². The summed E-state index contributed by atoms with van der Waals surface area (Å²) in [7, 11) is 0. The Labute approximate surface area is 101 Å². The Kier molecular flexibility index (Phi) is 4.83. The molecule has 0 radical (unpaired) electrons. The molecule has 1 atom stereocenters. The summed E-state index contributed by atoms with van der Waals surface area (Å²) in [5.74, 6) is -0.156. The predicted octanol–water partition coefficient (Wildman–Crippen LogP) is 2.47. The van der Waals surface area contributed by atoms with Crippen LogP contribution in [0, 0.1) is 0 Å². The first-order valence-electron chi connectivity index (χ1n) is 5.33. The molecule has 88 valence electrons. The van der Waals surface area contributed by atoms with E-state index >= 15 is 0 Å². The molecule has 3 N–H and O–H groups in total. The van der Waals surface area contributed by atoms with Gasteiger partial charge in [0.15, 0.2) is 0 Å². The van der Waals surface area contributed by atoms with E-state index in [9.17, 15) is 4.79 Å². The molecule has 1 aromatic rings. The Morgan fingerprint density at radius 2 is 1.94 bits per heavy atom. The van der Waals surface area contributed by atoms with E-state index < -0.39 is 6.04 Å². The molecule has 0 aromatic heterocycles. The van der Waals surface area contributed by atoms with E-state index in [1.54, 1.807) is 18.7 Å². The van der Waals surface area contributed by atoms with Crippen LogP contribution in [0.1, 0.15) is 20.8 Å². The molecule has 16 heavy (non-hydrogen) atoms. The minimum absolute atomic E-state index is 0.156. The molecule has 4 heteroatoms. The summed E-state index contributed by atoms with van der Waals surface area (Å²) >= 11 is 1.72. The summed E-state index contributed by atoms with van der Waals surface area (Å²) in [5.41, 5.74) is 6.35. The zero-order valence-electron chi connectivity index (χ0n) is 9.86. The second-order valence-corrected chi connectivity index (χ2v) is 5.56. The topological polar surface area (TPSA) is 55.1 Å². The first-order valence-corrected chi connectivity index (χ1v) is 6.21. The van der Waals surface area contributed by atoms with Gasteiger partial charge in [-0.2, -0.15) is 0 Å². The van der Waals surface area contributed by atoms with Gasteiger partial charge in [0, 0.05) is 10.1 Å². The average Bonchev–Trinajstić information content (AvgIpc) is 2.20. The number of anilines is 1. The third-order valence-electron chi connectivity index (χ3n) is 1.92. The van der Waals surface area contributed by atoms with Crippen molar-refractivity contribution in [2.45, 2.75) is 37.0 Å². The summed E-state index contributed by atoms with van der Waals surface area (Å²) < 4.78 is 0. The maximum Gasteiger partial charge on any atom is 0.241 e. The van der Waals surface area contributed by atoms with Crippen molar-refractivity contribution in [3.63, 3.8) is 0 Å². The highest BCUT2D eigenvalue weighted by Crippen LogP contribution is 2.30. The quantitative estimate of drug-likeness (QED) is 0.792. The number of nitrogens with one attached hydrogen (secondary N) is 1. The van der Waals surface area contributed by atoms with Crippen molar-refractivity contribution in [1.82, 2.24) is 0 Å². The normalized spacial score (nSPS) is 12.6. The highest BCUT2D eigenvalue weighted by molar-refractivity contribution is 8.00. The van der Waals surface area contributed by atoms with E-state index in [2.05, 4.69) is 19.2 Å². The molecule has 1 amide bonds. The van der Waals surface area contributed by atoms with Gasteiger partial charge >= 0.3 is 0 Å². The van der Waals surface area contributed by atoms with E-state index in [0.717, 1.165) is 10.6 Å². The monoisotopic (exact) mass is 238 g/mol. The number of amides is 1. The van der Waals surface area contributed by atoms with Crippen molar-refractivity contribution in [1.29, 1.82) is 0 Å². The van der Waals surface area contributed by atoms with Crippen molar-refractivity contribution < 1.29 is 4.79 Å². The largest absolute Gasteiger partial charge is 0.324 e. The maximum absolute atomic E-state index is 11.5. The molecule has 0 heterocycles.